The summed E-state index contributed by atoms with van der Waals surface area (Å²) in [6, 6.07) is 55.3. The average Bonchev–Trinajstić information content (AvgIpc) is 3.68. The number of benzene rings is 6. The van der Waals surface area contributed by atoms with E-state index in [9.17, 15) is 0 Å². The van der Waals surface area contributed by atoms with E-state index in [0.29, 0.717) is 5.95 Å². The molecule has 0 unspecified atom stereocenters. The smallest absolute Gasteiger partial charge is 0.237 e. The average molecular weight is 614 g/mol. The van der Waals surface area contributed by atoms with Crippen LogP contribution in [0.2, 0.25) is 0 Å². The zero-order chi connectivity index (χ0) is 31.6. The summed E-state index contributed by atoms with van der Waals surface area (Å²) in [5.41, 5.74) is 10.5. The van der Waals surface area contributed by atoms with Gasteiger partial charge in [-0.3, -0.25) is 4.57 Å². The Hall–Kier alpha value is -6.59. The van der Waals surface area contributed by atoms with Crippen LogP contribution in [-0.2, 0) is 0 Å². The molecule has 0 amide bonds. The van der Waals surface area contributed by atoms with Gasteiger partial charge >= 0.3 is 0 Å². The van der Waals surface area contributed by atoms with Gasteiger partial charge in [-0.2, -0.15) is 0 Å². The number of hydrogen-bond acceptors (Lipinski definition) is 3. The topological polar surface area (TPSA) is 48.5 Å². The Morgan fingerprint density at radius 1 is 0.438 bits per heavy atom. The van der Waals surface area contributed by atoms with E-state index in [-0.39, 0.29) is 0 Å². The number of aromatic nitrogens is 5. The molecular formula is C43H27N5. The molecule has 48 heavy (non-hydrogen) atoms. The molecule has 5 nitrogen and oxygen atoms in total. The largest absolute Gasteiger partial charge is 0.309 e. The number of para-hydroxylation sites is 4. The standard InChI is InChI=1S/C43H27N5/c1-3-13-28(14-4-1)40-35-18-7-9-22-37(35)45-43(46-40)48-39-25-24-29(27-36(39)34-21-12-26-44-42(34)48)31-19-11-20-33-32-17-8-10-23-38(32)47(41(31)33)30-15-5-2-6-16-30/h1-27H. The minimum absolute atomic E-state index is 0.602. The van der Waals surface area contributed by atoms with Gasteiger partial charge in [-0.15, -0.1) is 0 Å². The SMILES string of the molecule is c1ccc(-c2nc(-n3c4ccc(-c5cccc6c7ccccc7n(-c7ccccc7)c56)cc4c4cccnc43)nc3ccccc23)cc1. The number of rotatable bonds is 4. The van der Waals surface area contributed by atoms with Crippen LogP contribution in [0.4, 0.5) is 0 Å². The number of fused-ring (bicyclic) bond motifs is 7. The van der Waals surface area contributed by atoms with E-state index >= 15 is 0 Å². The van der Waals surface area contributed by atoms with Gasteiger partial charge < -0.3 is 4.57 Å². The van der Waals surface area contributed by atoms with E-state index in [1.54, 1.807) is 0 Å². The van der Waals surface area contributed by atoms with E-state index in [0.717, 1.165) is 55.3 Å². The van der Waals surface area contributed by atoms with E-state index < -0.39 is 0 Å². The molecule has 6 aromatic carbocycles. The molecule has 0 saturated heterocycles. The van der Waals surface area contributed by atoms with Crippen molar-refractivity contribution in [3.8, 4) is 34.0 Å². The van der Waals surface area contributed by atoms with Crippen molar-refractivity contribution in [2.45, 2.75) is 0 Å². The Morgan fingerprint density at radius 2 is 1.15 bits per heavy atom. The van der Waals surface area contributed by atoms with E-state index in [2.05, 4.69) is 130 Å². The van der Waals surface area contributed by atoms with Crippen LogP contribution in [0.5, 0.6) is 0 Å². The normalized spacial score (nSPS) is 11.8. The van der Waals surface area contributed by atoms with Crippen LogP contribution in [0.3, 0.4) is 0 Å². The second-order valence-corrected chi connectivity index (χ2v) is 12.1. The quantitative estimate of drug-likeness (QED) is 0.198. The maximum absolute atomic E-state index is 5.21. The van der Waals surface area contributed by atoms with Gasteiger partial charge in [0, 0.05) is 49.9 Å². The van der Waals surface area contributed by atoms with Gasteiger partial charge in [-0.1, -0.05) is 109 Å². The Morgan fingerprint density at radius 3 is 2.02 bits per heavy atom. The molecule has 5 heteroatoms. The van der Waals surface area contributed by atoms with Crippen LogP contribution < -0.4 is 0 Å². The number of hydrogen-bond donors (Lipinski definition) is 0. The van der Waals surface area contributed by atoms with E-state index in [1.165, 1.54) is 27.4 Å². The van der Waals surface area contributed by atoms with Gasteiger partial charge in [0.05, 0.1) is 27.8 Å². The number of pyridine rings is 1. The molecule has 0 aliphatic rings. The third-order valence-electron chi connectivity index (χ3n) is 9.38. The molecule has 0 radical (unpaired) electrons. The van der Waals surface area contributed by atoms with Crippen molar-refractivity contribution in [3.05, 3.63) is 164 Å². The van der Waals surface area contributed by atoms with Gasteiger partial charge in [-0.05, 0) is 54.1 Å². The second kappa shape index (κ2) is 10.5. The van der Waals surface area contributed by atoms with Crippen molar-refractivity contribution in [1.82, 2.24) is 24.1 Å². The molecule has 0 atom stereocenters. The summed E-state index contributed by atoms with van der Waals surface area (Å²) < 4.78 is 4.50. The highest BCUT2D eigenvalue weighted by Gasteiger charge is 2.20. The molecule has 0 N–H and O–H groups in total. The van der Waals surface area contributed by atoms with Gasteiger partial charge in [-0.25, -0.2) is 15.0 Å². The van der Waals surface area contributed by atoms with E-state index in [4.69, 9.17) is 15.0 Å². The highest BCUT2D eigenvalue weighted by Crippen LogP contribution is 2.40. The molecule has 0 aliphatic carbocycles. The monoisotopic (exact) mass is 613 g/mol. The third kappa shape index (κ3) is 3.94. The highest BCUT2D eigenvalue weighted by atomic mass is 15.2. The van der Waals surface area contributed by atoms with Gasteiger partial charge in [0.1, 0.15) is 5.65 Å². The first-order valence-electron chi connectivity index (χ1n) is 16.1. The fraction of sp³-hybridized carbons (Fsp3) is 0. The predicted molar refractivity (Wildman–Crippen MR) is 197 cm³/mol. The molecule has 0 fully saturated rings. The molecule has 4 aromatic heterocycles. The summed E-state index contributed by atoms with van der Waals surface area (Å²) in [5.74, 6) is 0.602. The van der Waals surface area contributed by atoms with Gasteiger partial charge in [0.2, 0.25) is 5.95 Å². The molecule has 10 aromatic rings. The van der Waals surface area contributed by atoms with Crippen molar-refractivity contribution in [2.75, 3.05) is 0 Å². The Kier molecular flexibility index (Phi) is 5.81. The minimum atomic E-state index is 0.602. The Labute approximate surface area is 276 Å². The van der Waals surface area contributed by atoms with Crippen LogP contribution in [0.25, 0.3) is 88.7 Å². The summed E-state index contributed by atoms with van der Waals surface area (Å²) in [6.07, 6.45) is 1.84. The lowest BCUT2D eigenvalue weighted by Gasteiger charge is -2.12. The number of nitrogens with zero attached hydrogens (tertiary/aromatic N) is 5. The molecule has 0 aliphatic heterocycles. The van der Waals surface area contributed by atoms with Gasteiger partial charge in [0.25, 0.3) is 0 Å². The third-order valence-corrected chi connectivity index (χ3v) is 9.38. The zero-order valence-electron chi connectivity index (χ0n) is 25.8. The van der Waals surface area contributed by atoms with Crippen molar-refractivity contribution in [2.24, 2.45) is 0 Å². The second-order valence-electron chi connectivity index (χ2n) is 12.1. The van der Waals surface area contributed by atoms with E-state index in [1.807, 2.05) is 42.6 Å². The zero-order valence-corrected chi connectivity index (χ0v) is 25.8. The van der Waals surface area contributed by atoms with Crippen LogP contribution >= 0.6 is 0 Å². The highest BCUT2D eigenvalue weighted by molar-refractivity contribution is 6.15. The van der Waals surface area contributed by atoms with Crippen LogP contribution in [-0.4, -0.2) is 24.1 Å². The summed E-state index contributed by atoms with van der Waals surface area (Å²) in [7, 11) is 0. The maximum atomic E-state index is 5.21. The molecule has 0 saturated carbocycles. The van der Waals surface area contributed by atoms with Crippen LogP contribution in [0.15, 0.2) is 164 Å². The first-order chi connectivity index (χ1) is 23.8. The van der Waals surface area contributed by atoms with Crippen molar-refractivity contribution in [3.63, 3.8) is 0 Å². The predicted octanol–water partition coefficient (Wildman–Crippen LogP) is 10.6. The first kappa shape index (κ1) is 26.6. The van der Waals surface area contributed by atoms with Crippen LogP contribution in [0.1, 0.15) is 0 Å². The fourth-order valence-electron chi connectivity index (χ4n) is 7.29. The summed E-state index contributed by atoms with van der Waals surface area (Å²) in [5, 5.41) is 5.65. The summed E-state index contributed by atoms with van der Waals surface area (Å²) >= 11 is 0. The molecule has 10 rings (SSSR count). The molecule has 224 valence electrons. The summed E-state index contributed by atoms with van der Waals surface area (Å²) in [4.78, 5) is 15.2. The molecular weight excluding hydrogens is 587 g/mol. The first-order valence-corrected chi connectivity index (χ1v) is 16.1. The minimum Gasteiger partial charge on any atom is -0.309 e. The lowest BCUT2D eigenvalue weighted by molar-refractivity contribution is 0.998. The molecule has 0 bridgehead atoms. The molecule has 0 spiro atoms. The fourth-order valence-corrected chi connectivity index (χ4v) is 7.29. The lowest BCUT2D eigenvalue weighted by atomic mass is 10.00. The lowest BCUT2D eigenvalue weighted by Crippen LogP contribution is -2.04. The summed E-state index contributed by atoms with van der Waals surface area (Å²) in [6.45, 7) is 0. The Bertz CT molecular complexity index is 2830. The Balaban J connectivity index is 1.25. The van der Waals surface area contributed by atoms with Gasteiger partial charge in [0.15, 0.2) is 0 Å². The van der Waals surface area contributed by atoms with Crippen molar-refractivity contribution in [1.29, 1.82) is 0 Å². The van der Waals surface area contributed by atoms with Crippen molar-refractivity contribution < 1.29 is 0 Å². The molecule has 4 heterocycles. The van der Waals surface area contributed by atoms with Crippen molar-refractivity contribution >= 4 is 54.6 Å². The van der Waals surface area contributed by atoms with Crippen LogP contribution in [0, 0.1) is 0 Å². The maximum Gasteiger partial charge on any atom is 0.237 e.